The van der Waals surface area contributed by atoms with E-state index in [2.05, 4.69) is 20.6 Å². The molecule has 6 nitrogen and oxygen atoms in total. The molecule has 2 N–H and O–H groups in total. The molecule has 0 bridgehead atoms. The largest absolute Gasteiger partial charge is 0.385 e. The van der Waals surface area contributed by atoms with Crippen LogP contribution in [0.5, 0.6) is 0 Å². The summed E-state index contributed by atoms with van der Waals surface area (Å²) in [6, 6.07) is 1.92. The zero-order chi connectivity index (χ0) is 13.9. The quantitative estimate of drug-likeness (QED) is 0.629. The van der Waals surface area contributed by atoms with Crippen LogP contribution in [0.4, 0.5) is 11.6 Å². The summed E-state index contributed by atoms with van der Waals surface area (Å²) in [5, 5.41) is 6.53. The molecule has 1 aromatic heterocycles. The summed E-state index contributed by atoms with van der Waals surface area (Å²) in [6.07, 6.45) is 1.91. The number of methoxy groups -OCH3 is 2. The number of aromatic nitrogens is 2. The predicted molar refractivity (Wildman–Crippen MR) is 76.7 cm³/mol. The maximum absolute atomic E-state index is 5.01. The Morgan fingerprint density at radius 1 is 0.947 bits per heavy atom. The van der Waals surface area contributed by atoms with E-state index < -0.39 is 0 Å². The lowest BCUT2D eigenvalue weighted by atomic mass is 10.4. The summed E-state index contributed by atoms with van der Waals surface area (Å²) in [5.74, 6) is 2.45. The third kappa shape index (κ3) is 6.93. The van der Waals surface area contributed by atoms with Crippen molar-refractivity contribution in [2.24, 2.45) is 0 Å². The second kappa shape index (κ2) is 9.52. The van der Waals surface area contributed by atoms with E-state index >= 15 is 0 Å². The maximum Gasteiger partial charge on any atom is 0.131 e. The summed E-state index contributed by atoms with van der Waals surface area (Å²) in [5.41, 5.74) is 0. The highest BCUT2D eigenvalue weighted by molar-refractivity contribution is 5.47. The van der Waals surface area contributed by atoms with E-state index in [0.29, 0.717) is 0 Å². The minimum Gasteiger partial charge on any atom is -0.385 e. The third-order valence-corrected chi connectivity index (χ3v) is 2.50. The second-order valence-electron chi connectivity index (χ2n) is 4.23. The van der Waals surface area contributed by atoms with Crippen molar-refractivity contribution in [3.63, 3.8) is 0 Å². The average Bonchev–Trinajstić information content (AvgIpc) is 2.39. The fourth-order valence-corrected chi connectivity index (χ4v) is 1.61. The highest BCUT2D eigenvalue weighted by Gasteiger charge is 2.01. The van der Waals surface area contributed by atoms with Gasteiger partial charge in [-0.05, 0) is 19.8 Å². The van der Waals surface area contributed by atoms with Crippen LogP contribution < -0.4 is 10.6 Å². The minimum absolute atomic E-state index is 0.749. The third-order valence-electron chi connectivity index (χ3n) is 2.50. The summed E-state index contributed by atoms with van der Waals surface area (Å²) < 4.78 is 10.0. The van der Waals surface area contributed by atoms with Gasteiger partial charge >= 0.3 is 0 Å². The van der Waals surface area contributed by atoms with Crippen LogP contribution >= 0.6 is 0 Å². The zero-order valence-electron chi connectivity index (χ0n) is 12.0. The van der Waals surface area contributed by atoms with Gasteiger partial charge in [-0.3, -0.25) is 0 Å². The highest BCUT2D eigenvalue weighted by atomic mass is 16.5. The number of ether oxygens (including phenoxy) is 2. The van der Waals surface area contributed by atoms with Gasteiger partial charge in [-0.25, -0.2) is 9.97 Å². The number of rotatable bonds is 10. The van der Waals surface area contributed by atoms with Gasteiger partial charge in [-0.2, -0.15) is 0 Å². The van der Waals surface area contributed by atoms with Crippen molar-refractivity contribution < 1.29 is 9.47 Å². The molecule has 0 aliphatic heterocycles. The highest BCUT2D eigenvalue weighted by Crippen LogP contribution is 2.11. The van der Waals surface area contributed by atoms with Crippen molar-refractivity contribution in [1.82, 2.24) is 9.97 Å². The normalized spacial score (nSPS) is 10.5. The average molecular weight is 268 g/mol. The standard InChI is InChI=1S/C13H24N4O2/c1-11-16-12(14-6-4-8-18-2)10-13(17-11)15-7-5-9-19-3/h10H,4-9H2,1-3H3,(H2,14,15,16,17). The van der Waals surface area contributed by atoms with Gasteiger partial charge in [0.1, 0.15) is 17.5 Å². The van der Waals surface area contributed by atoms with Gasteiger partial charge in [-0.1, -0.05) is 0 Å². The zero-order valence-corrected chi connectivity index (χ0v) is 12.0. The van der Waals surface area contributed by atoms with Crippen LogP contribution in [0.15, 0.2) is 6.07 Å². The fourth-order valence-electron chi connectivity index (χ4n) is 1.61. The lowest BCUT2D eigenvalue weighted by Crippen LogP contribution is -2.10. The van der Waals surface area contributed by atoms with Gasteiger partial charge < -0.3 is 20.1 Å². The molecule has 0 fully saturated rings. The molecule has 6 heteroatoms. The van der Waals surface area contributed by atoms with Crippen LogP contribution in [0.25, 0.3) is 0 Å². The van der Waals surface area contributed by atoms with E-state index in [1.54, 1.807) is 14.2 Å². The lowest BCUT2D eigenvalue weighted by Gasteiger charge is -2.10. The van der Waals surface area contributed by atoms with E-state index in [1.165, 1.54) is 0 Å². The summed E-state index contributed by atoms with van der Waals surface area (Å²) in [7, 11) is 3.41. The SMILES string of the molecule is COCCCNc1cc(NCCCOC)nc(C)n1. The van der Waals surface area contributed by atoms with Gasteiger partial charge in [-0.15, -0.1) is 0 Å². The first-order chi connectivity index (χ1) is 9.26. The Bertz CT molecular complexity index is 330. The van der Waals surface area contributed by atoms with Crippen molar-refractivity contribution >= 4 is 11.6 Å². The Balaban J connectivity index is 2.41. The van der Waals surface area contributed by atoms with E-state index in [9.17, 15) is 0 Å². The summed E-state index contributed by atoms with van der Waals surface area (Å²) in [6.45, 7) is 5.07. The first-order valence-electron chi connectivity index (χ1n) is 6.57. The molecular weight excluding hydrogens is 244 g/mol. The molecule has 1 rings (SSSR count). The van der Waals surface area contributed by atoms with Crippen LogP contribution in [-0.2, 0) is 9.47 Å². The molecule has 0 aromatic carbocycles. The number of hydrogen-bond acceptors (Lipinski definition) is 6. The van der Waals surface area contributed by atoms with Crippen LogP contribution in [0.3, 0.4) is 0 Å². The van der Waals surface area contributed by atoms with Crippen LogP contribution in [0.1, 0.15) is 18.7 Å². The Kier molecular flexibility index (Phi) is 7.84. The molecule has 0 radical (unpaired) electrons. The molecule has 0 spiro atoms. The van der Waals surface area contributed by atoms with Crippen molar-refractivity contribution in [2.45, 2.75) is 19.8 Å². The first kappa shape index (κ1) is 15.7. The Morgan fingerprint density at radius 3 is 1.84 bits per heavy atom. The van der Waals surface area contributed by atoms with Gasteiger partial charge in [0, 0.05) is 46.6 Å². The Morgan fingerprint density at radius 2 is 1.42 bits per heavy atom. The molecule has 0 aliphatic rings. The number of nitrogens with one attached hydrogen (secondary N) is 2. The maximum atomic E-state index is 5.01. The molecule has 0 unspecified atom stereocenters. The second-order valence-corrected chi connectivity index (χ2v) is 4.23. The topological polar surface area (TPSA) is 68.3 Å². The number of anilines is 2. The molecule has 0 atom stereocenters. The van der Waals surface area contributed by atoms with E-state index in [1.807, 2.05) is 13.0 Å². The number of aryl methyl sites for hydroxylation is 1. The monoisotopic (exact) mass is 268 g/mol. The molecule has 0 aliphatic carbocycles. The number of nitrogens with zero attached hydrogens (tertiary/aromatic N) is 2. The molecular formula is C13H24N4O2. The van der Waals surface area contributed by atoms with Gasteiger partial charge in [0.25, 0.3) is 0 Å². The van der Waals surface area contributed by atoms with E-state index in [4.69, 9.17) is 9.47 Å². The van der Waals surface area contributed by atoms with Gasteiger partial charge in [0.05, 0.1) is 0 Å². The van der Waals surface area contributed by atoms with Crippen molar-refractivity contribution in [1.29, 1.82) is 0 Å². The minimum atomic E-state index is 0.749. The van der Waals surface area contributed by atoms with Crippen molar-refractivity contribution in [3.05, 3.63) is 11.9 Å². The van der Waals surface area contributed by atoms with E-state index in [0.717, 1.165) is 56.6 Å². The van der Waals surface area contributed by atoms with E-state index in [-0.39, 0.29) is 0 Å². The number of hydrogen-bond donors (Lipinski definition) is 2. The van der Waals surface area contributed by atoms with Gasteiger partial charge in [0.2, 0.25) is 0 Å². The van der Waals surface area contributed by atoms with Crippen molar-refractivity contribution in [2.75, 3.05) is 51.2 Å². The molecule has 108 valence electrons. The molecule has 0 amide bonds. The molecule has 1 aromatic rings. The molecule has 1 heterocycles. The first-order valence-corrected chi connectivity index (χ1v) is 6.57. The predicted octanol–water partition coefficient (Wildman–Crippen LogP) is 1.68. The Labute approximate surface area is 114 Å². The lowest BCUT2D eigenvalue weighted by molar-refractivity contribution is 0.197. The summed E-state index contributed by atoms with van der Waals surface area (Å²) in [4.78, 5) is 8.70. The molecule has 0 saturated heterocycles. The van der Waals surface area contributed by atoms with Crippen LogP contribution in [0, 0.1) is 6.92 Å². The van der Waals surface area contributed by atoms with Crippen LogP contribution in [-0.4, -0.2) is 50.5 Å². The molecule has 0 saturated carbocycles. The fraction of sp³-hybridized carbons (Fsp3) is 0.692. The molecule has 19 heavy (non-hydrogen) atoms. The summed E-state index contributed by atoms with van der Waals surface area (Å²) >= 11 is 0. The van der Waals surface area contributed by atoms with Crippen molar-refractivity contribution in [3.8, 4) is 0 Å². The Hall–Kier alpha value is -1.40. The van der Waals surface area contributed by atoms with Gasteiger partial charge in [0.15, 0.2) is 0 Å². The smallest absolute Gasteiger partial charge is 0.131 e. The van der Waals surface area contributed by atoms with Crippen LogP contribution in [0.2, 0.25) is 0 Å².